The van der Waals surface area contributed by atoms with Gasteiger partial charge in [0.25, 0.3) is 0 Å². The van der Waals surface area contributed by atoms with Crippen LogP contribution in [0.15, 0.2) is 36.5 Å². The van der Waals surface area contributed by atoms with Gasteiger partial charge < -0.3 is 11.1 Å². The van der Waals surface area contributed by atoms with Crippen LogP contribution in [0.1, 0.15) is 11.3 Å². The molecule has 0 atom stereocenters. The number of aromatic nitrogens is 1. The van der Waals surface area contributed by atoms with Gasteiger partial charge in [-0.15, -0.1) is 0 Å². The Bertz CT molecular complexity index is 581. The monoisotopic (exact) mass is 277 g/mol. The minimum absolute atomic E-state index is 0.334. The highest BCUT2D eigenvalue weighted by Crippen LogP contribution is 2.26. The summed E-state index contributed by atoms with van der Waals surface area (Å²) in [5.41, 5.74) is 8.94. The lowest BCUT2D eigenvalue weighted by Gasteiger charge is -2.09. The second-order valence-electron chi connectivity index (χ2n) is 3.87. The molecular formula is C13H12ClN3S. The Kier molecular flexibility index (Phi) is 3.79. The number of hydrogen-bond acceptors (Lipinski definition) is 3. The normalized spacial score (nSPS) is 10.1. The van der Waals surface area contributed by atoms with E-state index in [1.807, 2.05) is 31.2 Å². The van der Waals surface area contributed by atoms with E-state index < -0.39 is 0 Å². The number of hydrogen-bond donors (Lipinski definition) is 2. The molecule has 0 aliphatic rings. The van der Waals surface area contributed by atoms with Gasteiger partial charge in [-0.1, -0.05) is 23.8 Å². The van der Waals surface area contributed by atoms with Crippen LogP contribution in [0.25, 0.3) is 0 Å². The fourth-order valence-electron chi connectivity index (χ4n) is 1.47. The van der Waals surface area contributed by atoms with Crippen LogP contribution in [0, 0.1) is 6.92 Å². The van der Waals surface area contributed by atoms with Crippen LogP contribution in [0.2, 0.25) is 5.02 Å². The zero-order valence-electron chi connectivity index (χ0n) is 9.77. The van der Waals surface area contributed by atoms with Gasteiger partial charge in [0, 0.05) is 11.3 Å². The van der Waals surface area contributed by atoms with Gasteiger partial charge in [-0.05, 0) is 37.3 Å². The van der Waals surface area contributed by atoms with Crippen molar-refractivity contribution in [2.75, 3.05) is 5.32 Å². The number of thiocarbonyl (C=S) groups is 1. The van der Waals surface area contributed by atoms with Crippen molar-refractivity contribution < 1.29 is 0 Å². The second kappa shape index (κ2) is 5.33. The van der Waals surface area contributed by atoms with Crippen LogP contribution in [0.5, 0.6) is 0 Å². The molecule has 2 aromatic rings. The zero-order valence-corrected chi connectivity index (χ0v) is 11.3. The standard InChI is InChI=1S/C13H12ClN3S/c1-8-2-4-10(7-16-8)17-12-5-3-9(13(15)18)6-11(12)14/h2-7,17H,1H3,(H2,15,18). The molecule has 5 heteroatoms. The maximum absolute atomic E-state index is 6.16. The average molecular weight is 278 g/mol. The van der Waals surface area contributed by atoms with Crippen molar-refractivity contribution in [2.45, 2.75) is 6.92 Å². The lowest BCUT2D eigenvalue weighted by molar-refractivity contribution is 1.20. The van der Waals surface area contributed by atoms with Gasteiger partial charge in [0.15, 0.2) is 0 Å². The van der Waals surface area contributed by atoms with Crippen molar-refractivity contribution in [2.24, 2.45) is 5.73 Å². The molecule has 0 saturated heterocycles. The van der Waals surface area contributed by atoms with E-state index in [1.54, 1.807) is 12.3 Å². The minimum atomic E-state index is 0.334. The Morgan fingerprint density at radius 2 is 2.11 bits per heavy atom. The summed E-state index contributed by atoms with van der Waals surface area (Å²) in [6, 6.07) is 9.29. The van der Waals surface area contributed by atoms with E-state index in [0.717, 1.165) is 22.6 Å². The van der Waals surface area contributed by atoms with Gasteiger partial charge >= 0.3 is 0 Å². The second-order valence-corrected chi connectivity index (χ2v) is 4.72. The van der Waals surface area contributed by atoms with E-state index in [1.165, 1.54) is 0 Å². The molecule has 3 nitrogen and oxygen atoms in total. The summed E-state index contributed by atoms with van der Waals surface area (Å²) in [6.45, 7) is 1.94. The van der Waals surface area contributed by atoms with Crippen molar-refractivity contribution in [1.29, 1.82) is 0 Å². The van der Waals surface area contributed by atoms with Gasteiger partial charge in [0.1, 0.15) is 4.99 Å². The lowest BCUT2D eigenvalue weighted by Crippen LogP contribution is -2.09. The maximum atomic E-state index is 6.16. The van der Waals surface area contributed by atoms with Crippen molar-refractivity contribution in [3.63, 3.8) is 0 Å². The number of aryl methyl sites for hydroxylation is 1. The number of nitrogens with one attached hydrogen (secondary N) is 1. The molecule has 0 unspecified atom stereocenters. The Morgan fingerprint density at radius 1 is 1.33 bits per heavy atom. The summed E-state index contributed by atoms with van der Waals surface area (Å²) >= 11 is 11.1. The summed E-state index contributed by atoms with van der Waals surface area (Å²) in [7, 11) is 0. The van der Waals surface area contributed by atoms with E-state index in [0.29, 0.717) is 10.0 Å². The summed E-state index contributed by atoms with van der Waals surface area (Å²) < 4.78 is 0. The molecule has 1 heterocycles. The van der Waals surface area contributed by atoms with Crippen molar-refractivity contribution in [1.82, 2.24) is 4.98 Å². The van der Waals surface area contributed by atoms with Crippen LogP contribution >= 0.6 is 23.8 Å². The van der Waals surface area contributed by atoms with Gasteiger partial charge in [-0.3, -0.25) is 4.98 Å². The smallest absolute Gasteiger partial charge is 0.104 e. The van der Waals surface area contributed by atoms with E-state index >= 15 is 0 Å². The molecule has 1 aromatic heterocycles. The highest BCUT2D eigenvalue weighted by Gasteiger charge is 2.04. The fraction of sp³-hybridized carbons (Fsp3) is 0.0769. The molecule has 0 aliphatic carbocycles. The van der Waals surface area contributed by atoms with Crippen molar-refractivity contribution >= 4 is 40.2 Å². The predicted molar refractivity (Wildman–Crippen MR) is 79.6 cm³/mol. The molecule has 3 N–H and O–H groups in total. The molecule has 0 saturated carbocycles. The molecule has 0 spiro atoms. The number of rotatable bonds is 3. The molecule has 0 bridgehead atoms. The molecule has 18 heavy (non-hydrogen) atoms. The first-order valence-corrected chi connectivity index (χ1v) is 6.14. The van der Waals surface area contributed by atoms with Gasteiger partial charge in [-0.25, -0.2) is 0 Å². The maximum Gasteiger partial charge on any atom is 0.104 e. The third kappa shape index (κ3) is 2.97. The summed E-state index contributed by atoms with van der Waals surface area (Å²) in [6.07, 6.45) is 1.76. The molecule has 0 radical (unpaired) electrons. The van der Waals surface area contributed by atoms with Crippen LogP contribution in [0.4, 0.5) is 11.4 Å². The molecule has 0 fully saturated rings. The fourth-order valence-corrected chi connectivity index (χ4v) is 1.82. The molecule has 0 amide bonds. The third-order valence-electron chi connectivity index (χ3n) is 2.44. The van der Waals surface area contributed by atoms with E-state index in [2.05, 4.69) is 10.3 Å². The Labute approximate surface area is 116 Å². The minimum Gasteiger partial charge on any atom is -0.389 e. The summed E-state index contributed by atoms with van der Waals surface area (Å²) in [4.78, 5) is 4.54. The summed E-state index contributed by atoms with van der Waals surface area (Å²) in [5.74, 6) is 0. The number of nitrogens with zero attached hydrogens (tertiary/aromatic N) is 1. The van der Waals surface area contributed by atoms with Crippen molar-refractivity contribution in [3.05, 3.63) is 52.8 Å². The number of benzene rings is 1. The van der Waals surface area contributed by atoms with Gasteiger partial charge in [0.05, 0.1) is 22.6 Å². The largest absolute Gasteiger partial charge is 0.389 e. The molecule has 2 rings (SSSR count). The van der Waals surface area contributed by atoms with Gasteiger partial charge in [-0.2, -0.15) is 0 Å². The van der Waals surface area contributed by atoms with E-state index in [-0.39, 0.29) is 0 Å². The molecule has 92 valence electrons. The Balaban J connectivity index is 2.24. The molecular weight excluding hydrogens is 266 g/mol. The number of anilines is 2. The lowest BCUT2D eigenvalue weighted by atomic mass is 10.2. The number of nitrogens with two attached hydrogens (primary N) is 1. The first-order chi connectivity index (χ1) is 8.56. The highest BCUT2D eigenvalue weighted by molar-refractivity contribution is 7.80. The van der Waals surface area contributed by atoms with Crippen LogP contribution in [-0.2, 0) is 0 Å². The predicted octanol–water partition coefficient (Wildman–Crippen LogP) is 3.42. The van der Waals surface area contributed by atoms with E-state index in [4.69, 9.17) is 29.6 Å². The van der Waals surface area contributed by atoms with Crippen molar-refractivity contribution in [3.8, 4) is 0 Å². The summed E-state index contributed by atoms with van der Waals surface area (Å²) in [5, 5.41) is 3.76. The van der Waals surface area contributed by atoms with Gasteiger partial charge in [0.2, 0.25) is 0 Å². The Morgan fingerprint density at radius 3 is 2.67 bits per heavy atom. The highest BCUT2D eigenvalue weighted by atomic mass is 35.5. The number of pyridine rings is 1. The molecule has 0 aliphatic heterocycles. The van der Waals surface area contributed by atoms with Crippen LogP contribution < -0.4 is 11.1 Å². The zero-order chi connectivity index (χ0) is 13.1. The molecule has 1 aromatic carbocycles. The average Bonchev–Trinajstić information content (AvgIpc) is 2.34. The Hall–Kier alpha value is -1.65. The topological polar surface area (TPSA) is 50.9 Å². The van der Waals surface area contributed by atoms with E-state index in [9.17, 15) is 0 Å². The first kappa shape index (κ1) is 12.8. The first-order valence-electron chi connectivity index (χ1n) is 5.35. The van der Waals surface area contributed by atoms with Crippen LogP contribution in [0.3, 0.4) is 0 Å². The number of halogens is 1. The SMILES string of the molecule is Cc1ccc(Nc2ccc(C(N)=S)cc2Cl)cn1. The van der Waals surface area contributed by atoms with Crippen LogP contribution in [-0.4, -0.2) is 9.97 Å². The quantitative estimate of drug-likeness (QED) is 0.844. The third-order valence-corrected chi connectivity index (χ3v) is 2.99.